The maximum absolute atomic E-state index is 6.05. The molecular formula is C11H10BrCl2N3. The summed E-state index contributed by atoms with van der Waals surface area (Å²) in [7, 11) is 0. The highest BCUT2D eigenvalue weighted by Crippen LogP contribution is 2.27. The lowest BCUT2D eigenvalue weighted by molar-refractivity contribution is 0.803. The average molecular weight is 335 g/mol. The minimum atomic E-state index is 0.364. The van der Waals surface area contributed by atoms with Gasteiger partial charge in [-0.15, -0.1) is 10.2 Å². The van der Waals surface area contributed by atoms with E-state index in [4.69, 9.17) is 23.2 Å². The van der Waals surface area contributed by atoms with E-state index in [9.17, 15) is 0 Å². The third-order valence-electron chi connectivity index (χ3n) is 2.33. The van der Waals surface area contributed by atoms with Crippen LogP contribution in [0.4, 0.5) is 0 Å². The molecule has 2 aromatic rings. The molecule has 0 spiro atoms. The van der Waals surface area contributed by atoms with Crippen LogP contribution in [0.25, 0.3) is 5.69 Å². The van der Waals surface area contributed by atoms with Crippen LogP contribution in [0.2, 0.25) is 10.3 Å². The first-order valence-corrected chi connectivity index (χ1v) is 6.73. The number of nitrogens with zero attached hydrogens (tertiary/aromatic N) is 3. The number of benzene rings is 1. The van der Waals surface area contributed by atoms with Crippen molar-refractivity contribution in [2.24, 2.45) is 0 Å². The van der Waals surface area contributed by atoms with Gasteiger partial charge in [0.25, 0.3) is 0 Å². The smallest absolute Gasteiger partial charge is 0.229 e. The lowest BCUT2D eigenvalue weighted by Gasteiger charge is -2.08. The van der Waals surface area contributed by atoms with Gasteiger partial charge in [-0.3, -0.25) is 4.57 Å². The van der Waals surface area contributed by atoms with E-state index in [0.717, 1.165) is 28.8 Å². The van der Waals surface area contributed by atoms with Crippen molar-refractivity contribution in [3.05, 3.63) is 38.8 Å². The predicted molar refractivity (Wildman–Crippen MR) is 73.1 cm³/mol. The van der Waals surface area contributed by atoms with Gasteiger partial charge in [-0.2, -0.15) is 0 Å². The van der Waals surface area contributed by atoms with E-state index < -0.39 is 0 Å². The van der Waals surface area contributed by atoms with Crippen LogP contribution in [0.1, 0.15) is 19.2 Å². The molecule has 0 aliphatic heterocycles. The van der Waals surface area contributed by atoms with Crippen LogP contribution in [0.5, 0.6) is 0 Å². The summed E-state index contributed by atoms with van der Waals surface area (Å²) in [5, 5.41) is 8.99. The van der Waals surface area contributed by atoms with Gasteiger partial charge in [0.2, 0.25) is 5.28 Å². The van der Waals surface area contributed by atoms with Crippen molar-refractivity contribution < 1.29 is 0 Å². The molecule has 0 fully saturated rings. The Kier molecular flexibility index (Phi) is 4.07. The Morgan fingerprint density at radius 1 is 1.29 bits per heavy atom. The summed E-state index contributed by atoms with van der Waals surface area (Å²) >= 11 is 15.4. The number of rotatable bonds is 3. The standard InChI is InChI=1S/C11H10BrCl2N3/c1-2-3-10-15-16-11(14)17(10)7-4-5-9(13)8(12)6-7/h4-6H,2-3H2,1H3. The zero-order chi connectivity index (χ0) is 12.4. The van der Waals surface area contributed by atoms with Crippen LogP contribution in [0.3, 0.4) is 0 Å². The molecule has 0 bridgehead atoms. The fraction of sp³-hybridized carbons (Fsp3) is 0.273. The van der Waals surface area contributed by atoms with E-state index in [0.29, 0.717) is 10.3 Å². The quantitative estimate of drug-likeness (QED) is 0.838. The molecule has 6 heteroatoms. The van der Waals surface area contributed by atoms with Gasteiger partial charge in [0, 0.05) is 10.9 Å². The fourth-order valence-electron chi connectivity index (χ4n) is 1.56. The van der Waals surface area contributed by atoms with Gasteiger partial charge < -0.3 is 0 Å². The van der Waals surface area contributed by atoms with Crippen molar-refractivity contribution in [3.8, 4) is 5.69 Å². The van der Waals surface area contributed by atoms with E-state index in [1.165, 1.54) is 0 Å². The molecule has 0 aliphatic rings. The topological polar surface area (TPSA) is 30.7 Å². The van der Waals surface area contributed by atoms with E-state index in [-0.39, 0.29) is 0 Å². The molecule has 0 amide bonds. The van der Waals surface area contributed by atoms with Crippen molar-refractivity contribution in [3.63, 3.8) is 0 Å². The first-order valence-electron chi connectivity index (χ1n) is 5.18. The SMILES string of the molecule is CCCc1nnc(Cl)n1-c1ccc(Cl)c(Br)c1. The normalized spacial score (nSPS) is 10.8. The molecule has 1 aromatic heterocycles. The zero-order valence-corrected chi connectivity index (χ0v) is 12.2. The van der Waals surface area contributed by atoms with Crippen molar-refractivity contribution >= 4 is 39.1 Å². The minimum absolute atomic E-state index is 0.364. The Bertz CT molecular complexity index is 540. The first-order chi connectivity index (χ1) is 8.13. The Morgan fingerprint density at radius 2 is 2.06 bits per heavy atom. The zero-order valence-electron chi connectivity index (χ0n) is 9.12. The molecule has 0 saturated heterocycles. The van der Waals surface area contributed by atoms with Crippen LogP contribution < -0.4 is 0 Å². The van der Waals surface area contributed by atoms with Crippen LogP contribution >= 0.6 is 39.1 Å². The van der Waals surface area contributed by atoms with Gasteiger partial charge >= 0.3 is 0 Å². The van der Waals surface area contributed by atoms with Crippen LogP contribution in [0, 0.1) is 0 Å². The van der Waals surface area contributed by atoms with E-state index >= 15 is 0 Å². The summed E-state index contributed by atoms with van der Waals surface area (Å²) in [5.41, 5.74) is 0.903. The first kappa shape index (κ1) is 12.9. The fourth-order valence-corrected chi connectivity index (χ4v) is 2.28. The molecule has 3 nitrogen and oxygen atoms in total. The molecule has 0 aliphatic carbocycles. The third-order valence-corrected chi connectivity index (χ3v) is 3.78. The number of aromatic nitrogens is 3. The van der Waals surface area contributed by atoms with Crippen LogP contribution in [-0.2, 0) is 6.42 Å². The number of hydrogen-bond donors (Lipinski definition) is 0. The van der Waals surface area contributed by atoms with Gasteiger partial charge in [-0.05, 0) is 52.2 Å². The Labute approximate surface area is 118 Å². The van der Waals surface area contributed by atoms with Gasteiger partial charge in [-0.25, -0.2) is 0 Å². The Hall–Kier alpha value is -0.580. The lowest BCUT2D eigenvalue weighted by atomic mass is 10.3. The average Bonchev–Trinajstić information content (AvgIpc) is 2.65. The van der Waals surface area contributed by atoms with Crippen molar-refractivity contribution in [1.82, 2.24) is 14.8 Å². The summed E-state index contributed by atoms with van der Waals surface area (Å²) < 4.78 is 2.65. The molecule has 2 rings (SSSR count). The summed E-state index contributed by atoms with van der Waals surface area (Å²) in [4.78, 5) is 0. The lowest BCUT2D eigenvalue weighted by Crippen LogP contribution is -2.01. The van der Waals surface area contributed by atoms with Gasteiger partial charge in [0.15, 0.2) is 0 Å². The van der Waals surface area contributed by atoms with E-state index in [2.05, 4.69) is 33.1 Å². The predicted octanol–water partition coefficient (Wildman–Crippen LogP) is 4.29. The van der Waals surface area contributed by atoms with Crippen molar-refractivity contribution in [2.45, 2.75) is 19.8 Å². The number of halogens is 3. The molecule has 0 saturated carbocycles. The van der Waals surface area contributed by atoms with E-state index in [1.807, 2.05) is 22.8 Å². The maximum atomic E-state index is 6.05. The van der Waals surface area contributed by atoms with Crippen LogP contribution in [0.15, 0.2) is 22.7 Å². The van der Waals surface area contributed by atoms with Gasteiger partial charge in [-0.1, -0.05) is 18.5 Å². The summed E-state index contributed by atoms with van der Waals surface area (Å²) in [6, 6.07) is 5.60. The van der Waals surface area contributed by atoms with E-state index in [1.54, 1.807) is 0 Å². The molecular weight excluding hydrogens is 325 g/mol. The molecule has 0 radical (unpaired) electrons. The molecule has 0 atom stereocenters. The third kappa shape index (κ3) is 2.64. The highest BCUT2D eigenvalue weighted by Gasteiger charge is 2.12. The highest BCUT2D eigenvalue weighted by atomic mass is 79.9. The monoisotopic (exact) mass is 333 g/mol. The molecule has 1 aromatic carbocycles. The second-order valence-electron chi connectivity index (χ2n) is 3.57. The second kappa shape index (κ2) is 5.38. The summed E-state index contributed by atoms with van der Waals surface area (Å²) in [6.45, 7) is 2.09. The largest absolute Gasteiger partial charge is 0.270 e. The highest BCUT2D eigenvalue weighted by molar-refractivity contribution is 9.10. The molecule has 17 heavy (non-hydrogen) atoms. The Balaban J connectivity index is 2.51. The minimum Gasteiger partial charge on any atom is -0.270 e. The van der Waals surface area contributed by atoms with Gasteiger partial charge in [0.1, 0.15) is 5.82 Å². The maximum Gasteiger partial charge on any atom is 0.229 e. The molecule has 1 heterocycles. The number of aryl methyl sites for hydroxylation is 1. The molecule has 0 unspecified atom stereocenters. The molecule has 90 valence electrons. The second-order valence-corrected chi connectivity index (χ2v) is 5.17. The summed E-state index contributed by atoms with van der Waals surface area (Å²) in [6.07, 6.45) is 1.82. The summed E-state index contributed by atoms with van der Waals surface area (Å²) in [5.74, 6) is 0.853. The Morgan fingerprint density at radius 3 is 2.71 bits per heavy atom. The van der Waals surface area contributed by atoms with Gasteiger partial charge in [0.05, 0.1) is 10.7 Å². The van der Waals surface area contributed by atoms with Crippen molar-refractivity contribution in [2.75, 3.05) is 0 Å². The van der Waals surface area contributed by atoms with Crippen LogP contribution in [-0.4, -0.2) is 14.8 Å². The van der Waals surface area contributed by atoms with Crippen molar-refractivity contribution in [1.29, 1.82) is 0 Å². The molecule has 0 N–H and O–H groups in total. The number of hydrogen-bond acceptors (Lipinski definition) is 2.